The number of hydrogen-bond donors (Lipinski definition) is 5. The lowest BCUT2D eigenvalue weighted by atomic mass is 9.94. The highest BCUT2D eigenvalue weighted by atomic mass is 19.4. The van der Waals surface area contributed by atoms with Gasteiger partial charge in [0.25, 0.3) is 5.91 Å². The average molecular weight is 1050 g/mol. The van der Waals surface area contributed by atoms with Crippen molar-refractivity contribution in [2.45, 2.75) is 63.6 Å². The summed E-state index contributed by atoms with van der Waals surface area (Å²) < 4.78 is 101. The summed E-state index contributed by atoms with van der Waals surface area (Å²) >= 11 is 0. The number of nitrogens with zero attached hydrogens (tertiary/aromatic N) is 3. The lowest BCUT2D eigenvalue weighted by Crippen LogP contribution is -2.28. The highest BCUT2D eigenvalue weighted by Crippen LogP contribution is 2.52. The number of aliphatic hydroxyl groups is 1. The minimum atomic E-state index is -4.86. The molecule has 1 aliphatic heterocycles. The van der Waals surface area contributed by atoms with Gasteiger partial charge in [-0.15, -0.1) is 8.78 Å². The molecule has 21 heteroatoms. The first-order chi connectivity index (χ1) is 36.5. The summed E-state index contributed by atoms with van der Waals surface area (Å²) in [6, 6.07) is 22.1. The number of aryl methyl sites for hydroxylation is 1. The summed E-state index contributed by atoms with van der Waals surface area (Å²) in [5.41, 5.74) is 2.40. The third kappa shape index (κ3) is 14.0. The molecule has 1 aliphatic carbocycles. The van der Waals surface area contributed by atoms with E-state index in [1.54, 1.807) is 60.7 Å². The smallest absolute Gasteiger partial charge is 0.489 e. The molecule has 3 heterocycles. The van der Waals surface area contributed by atoms with E-state index in [1.165, 1.54) is 30.6 Å². The van der Waals surface area contributed by atoms with Gasteiger partial charge in [0.15, 0.2) is 11.5 Å². The quantitative estimate of drug-likeness (QED) is 0.0297. The predicted molar refractivity (Wildman–Crippen MR) is 264 cm³/mol. The lowest BCUT2D eigenvalue weighted by Gasteiger charge is -2.17. The van der Waals surface area contributed by atoms with E-state index in [1.807, 2.05) is 6.92 Å². The Bertz CT molecular complexity index is 3260. The second-order valence-electron chi connectivity index (χ2n) is 17.4. The van der Waals surface area contributed by atoms with E-state index in [-0.39, 0.29) is 99.5 Å². The Morgan fingerprint density at radius 2 is 1.63 bits per heavy atom. The third-order valence-electron chi connectivity index (χ3n) is 11.8. The van der Waals surface area contributed by atoms with Crippen LogP contribution < -0.4 is 35.5 Å². The highest BCUT2D eigenvalue weighted by molar-refractivity contribution is 6.01. The molecule has 1 fully saturated rings. The Kier molecular flexibility index (Phi) is 16.8. The maximum Gasteiger partial charge on any atom is 0.586 e. The minimum absolute atomic E-state index is 0.0480. The van der Waals surface area contributed by atoms with Crippen LogP contribution in [-0.4, -0.2) is 77.0 Å². The number of rotatable bonds is 19. The van der Waals surface area contributed by atoms with E-state index < -0.39 is 29.3 Å². The van der Waals surface area contributed by atoms with Gasteiger partial charge in [0, 0.05) is 54.9 Å². The summed E-state index contributed by atoms with van der Waals surface area (Å²) in [7, 11) is 0. The van der Waals surface area contributed by atoms with Crippen LogP contribution >= 0.6 is 0 Å². The summed E-state index contributed by atoms with van der Waals surface area (Å²) in [4.78, 5) is 52.6. The molecule has 3 amide bonds. The van der Waals surface area contributed by atoms with Crippen LogP contribution in [0.15, 0.2) is 103 Å². The van der Waals surface area contributed by atoms with Crippen molar-refractivity contribution in [1.82, 2.24) is 25.6 Å². The zero-order chi connectivity index (χ0) is 53.9. The molecule has 2 aliphatic rings. The Morgan fingerprint density at radius 1 is 0.855 bits per heavy atom. The van der Waals surface area contributed by atoms with Gasteiger partial charge in [-0.2, -0.15) is 13.2 Å². The number of hydrogen-bond acceptors (Lipinski definition) is 12. The summed E-state index contributed by atoms with van der Waals surface area (Å²) in [5.74, 6) is 9.39. The fourth-order valence-corrected chi connectivity index (χ4v) is 7.83. The van der Waals surface area contributed by atoms with Gasteiger partial charge in [0.2, 0.25) is 11.8 Å². The second kappa shape index (κ2) is 23.8. The van der Waals surface area contributed by atoms with Crippen LogP contribution in [0.25, 0.3) is 11.3 Å². The topological polar surface area (TPSA) is 195 Å². The van der Waals surface area contributed by atoms with Crippen molar-refractivity contribution in [2.24, 2.45) is 0 Å². The molecule has 2 aromatic heterocycles. The van der Waals surface area contributed by atoms with Crippen molar-refractivity contribution in [3.05, 3.63) is 154 Å². The number of anilines is 2. The van der Waals surface area contributed by atoms with Gasteiger partial charge in [-0.25, -0.2) is 19.3 Å². The summed E-state index contributed by atoms with van der Waals surface area (Å²) in [6.07, 6.45) is -4.48. The third-order valence-corrected chi connectivity index (χ3v) is 11.8. The van der Waals surface area contributed by atoms with Crippen molar-refractivity contribution < 1.29 is 64.8 Å². The number of aromatic nitrogens is 3. The van der Waals surface area contributed by atoms with Crippen molar-refractivity contribution >= 4 is 29.2 Å². The normalized spacial score (nSPS) is 13.6. The molecule has 0 spiro atoms. The van der Waals surface area contributed by atoms with Gasteiger partial charge in [0.05, 0.1) is 42.3 Å². The largest absolute Gasteiger partial charge is 0.586 e. The van der Waals surface area contributed by atoms with Gasteiger partial charge in [-0.3, -0.25) is 14.4 Å². The van der Waals surface area contributed by atoms with Crippen LogP contribution in [0, 0.1) is 36.4 Å². The highest BCUT2D eigenvalue weighted by Gasteiger charge is 2.53. The van der Waals surface area contributed by atoms with Crippen LogP contribution in [0.1, 0.15) is 75.2 Å². The molecule has 6 aromatic rings. The number of halogens is 6. The first-order valence-corrected chi connectivity index (χ1v) is 23.7. The number of fused-ring (bicyclic) bond motifs is 1. The van der Waals surface area contributed by atoms with Crippen molar-refractivity contribution in [1.29, 1.82) is 0 Å². The summed E-state index contributed by atoms with van der Waals surface area (Å²) in [5, 5.41) is 20.7. The molecule has 0 atom stereocenters. The molecule has 4 aromatic carbocycles. The Labute approximate surface area is 431 Å². The van der Waals surface area contributed by atoms with Gasteiger partial charge < -0.3 is 45.3 Å². The molecule has 8 rings (SSSR count). The molecule has 0 unspecified atom stereocenters. The maximum absolute atomic E-state index is 13.8. The zero-order valence-corrected chi connectivity index (χ0v) is 40.5. The summed E-state index contributed by atoms with van der Waals surface area (Å²) in [6.45, 7) is 2.32. The molecule has 392 valence electrons. The van der Waals surface area contributed by atoms with Gasteiger partial charge in [-0.05, 0) is 109 Å². The number of carbonyl (C=O) groups is 3. The molecule has 15 nitrogen and oxygen atoms in total. The van der Waals surface area contributed by atoms with Crippen LogP contribution in [-0.2, 0) is 39.1 Å². The van der Waals surface area contributed by atoms with Gasteiger partial charge >= 0.3 is 12.5 Å². The van der Waals surface area contributed by atoms with Gasteiger partial charge in [0.1, 0.15) is 42.0 Å². The van der Waals surface area contributed by atoms with E-state index in [4.69, 9.17) is 9.47 Å². The SMILES string of the molecule is Cc1ccc(NC(=O)C2(c3ccc4c(c3)OC(F)(F)O4)CC2)nc1-c1cccc(C(=O)NCCOCC#Cc2cnc(C#CCCC(=O)Nc3ccc(OCc4ccc(F)c(C(F)(F)F)c4)c(CNCCO)c3)cn2)c1. The molecule has 0 saturated heterocycles. The Morgan fingerprint density at radius 3 is 2.38 bits per heavy atom. The first kappa shape index (κ1) is 53.8. The zero-order valence-electron chi connectivity index (χ0n) is 40.5. The van der Waals surface area contributed by atoms with Crippen LogP contribution in [0.3, 0.4) is 0 Å². The van der Waals surface area contributed by atoms with Gasteiger partial charge in [-0.1, -0.05) is 42.2 Å². The van der Waals surface area contributed by atoms with E-state index in [0.29, 0.717) is 69.7 Å². The fourth-order valence-electron chi connectivity index (χ4n) is 7.83. The molecular formula is C55H47F6N7O8. The van der Waals surface area contributed by atoms with E-state index in [0.717, 1.165) is 11.6 Å². The van der Waals surface area contributed by atoms with Crippen molar-refractivity contribution in [3.63, 3.8) is 0 Å². The van der Waals surface area contributed by atoms with E-state index >= 15 is 0 Å². The number of aliphatic hydroxyl groups excluding tert-OH is 1. The lowest BCUT2D eigenvalue weighted by molar-refractivity contribution is -0.286. The molecule has 0 bridgehead atoms. The van der Waals surface area contributed by atoms with E-state index in [9.17, 15) is 45.8 Å². The molecule has 0 radical (unpaired) electrons. The van der Waals surface area contributed by atoms with E-state index in [2.05, 4.69) is 69.4 Å². The molecule has 5 N–H and O–H groups in total. The van der Waals surface area contributed by atoms with Crippen molar-refractivity contribution in [3.8, 4) is 52.2 Å². The molecule has 1 saturated carbocycles. The number of benzene rings is 4. The number of alkyl halides is 5. The average Bonchev–Trinajstić information content (AvgIpc) is 4.21. The monoisotopic (exact) mass is 1050 g/mol. The second-order valence-corrected chi connectivity index (χ2v) is 17.4. The van der Waals surface area contributed by atoms with Crippen LogP contribution in [0.5, 0.6) is 17.2 Å². The van der Waals surface area contributed by atoms with Crippen LogP contribution in [0.2, 0.25) is 0 Å². The number of nitrogens with one attached hydrogen (secondary N) is 4. The standard InChI is InChI=1S/C55H47F6N7O8/c1-34-11-18-48(68-52(72)53(19-20-53)39-13-16-46-47(29-39)76-55(60,61)75-46)67-50(34)36-6-4-7-37(27-36)51(71)63-22-25-73-24-5-9-42-32-64-41(31-65-42)8-2-3-10-49(70)66-40-14-17-45(38(28-40)30-62-21-23-69)74-33-35-12-15-44(56)43(26-35)54(57,58)59/h4,6-7,11-18,26-29,31-32,62,69H,3,10,19-25,30,33H2,1H3,(H,63,71)(H,66,70)(H,67,68,72). The van der Waals surface area contributed by atoms with Crippen LogP contribution in [0.4, 0.5) is 37.8 Å². The number of ether oxygens (including phenoxy) is 4. The number of pyridine rings is 1. The first-order valence-electron chi connectivity index (χ1n) is 23.7. The Hall–Kier alpha value is -8.50. The molecule has 76 heavy (non-hydrogen) atoms. The number of carbonyl (C=O) groups excluding carboxylic acids is 3. The predicted octanol–water partition coefficient (Wildman–Crippen LogP) is 8.23. The Balaban J connectivity index is 0.746. The minimum Gasteiger partial charge on any atom is -0.489 e. The maximum atomic E-state index is 13.8. The number of amides is 3. The fraction of sp³-hybridized carbons (Fsp3) is 0.273. The molecular weight excluding hydrogens is 1000 g/mol. The van der Waals surface area contributed by atoms with Crippen molar-refractivity contribution in [2.75, 3.05) is 43.5 Å².